The van der Waals surface area contributed by atoms with E-state index in [1.54, 1.807) is 12.1 Å². The molecule has 146 valence electrons. The molecule has 0 aliphatic heterocycles. The summed E-state index contributed by atoms with van der Waals surface area (Å²) in [6, 6.07) is 15.0. The van der Waals surface area contributed by atoms with E-state index in [1.807, 2.05) is 61.5 Å². The molecule has 1 unspecified atom stereocenters. The van der Waals surface area contributed by atoms with Crippen molar-refractivity contribution in [3.8, 4) is 5.75 Å². The highest BCUT2D eigenvalue weighted by Crippen LogP contribution is 2.31. The number of aliphatic imine (C=N–C) groups is 1. The number of fused-ring (bicyclic) bond motifs is 1. The molecule has 4 heteroatoms. The van der Waals surface area contributed by atoms with Gasteiger partial charge in [-0.1, -0.05) is 36.4 Å². The lowest BCUT2D eigenvalue weighted by atomic mass is 9.88. The van der Waals surface area contributed by atoms with Crippen LogP contribution in [-0.2, 0) is 6.54 Å². The highest BCUT2D eigenvalue weighted by molar-refractivity contribution is 6.09. The monoisotopic (exact) mass is 385 g/mol. The fourth-order valence-corrected chi connectivity index (χ4v) is 3.58. The molecule has 1 atom stereocenters. The topological polar surface area (TPSA) is 66.0 Å². The van der Waals surface area contributed by atoms with Crippen molar-refractivity contribution in [2.24, 2.45) is 4.99 Å². The minimum atomic E-state index is -0.847. The first-order valence-electron chi connectivity index (χ1n) is 9.58. The second kappa shape index (κ2) is 7.94. The van der Waals surface area contributed by atoms with E-state index in [2.05, 4.69) is 11.6 Å². The molecule has 4 rings (SSSR count). The molecule has 4 nitrogen and oxygen atoms in total. The molecule has 0 fully saturated rings. The van der Waals surface area contributed by atoms with Crippen LogP contribution in [0.2, 0.25) is 0 Å². The van der Waals surface area contributed by atoms with Gasteiger partial charge in [0.25, 0.3) is 0 Å². The quantitative estimate of drug-likeness (QED) is 0.582. The molecule has 0 radical (unpaired) electrons. The fraction of sp³-hybridized carbons (Fsp3) is 0.160. The Bertz CT molecular complexity index is 1160. The molecule has 0 bridgehead atoms. The summed E-state index contributed by atoms with van der Waals surface area (Å²) >= 11 is 0. The molecule has 0 saturated heterocycles. The van der Waals surface area contributed by atoms with Crippen LogP contribution in [0.15, 0.2) is 88.3 Å². The number of allylic oxidation sites excluding steroid dienone is 3. The van der Waals surface area contributed by atoms with Gasteiger partial charge in [-0.05, 0) is 60.4 Å². The number of hydrogen-bond acceptors (Lipinski definition) is 4. The van der Waals surface area contributed by atoms with Gasteiger partial charge >= 0.3 is 0 Å². The van der Waals surface area contributed by atoms with Gasteiger partial charge in [-0.25, -0.2) is 0 Å². The number of hydrogen-bond donors (Lipinski definition) is 2. The lowest BCUT2D eigenvalue weighted by Gasteiger charge is -2.22. The number of phenols is 1. The summed E-state index contributed by atoms with van der Waals surface area (Å²) in [5, 5.41) is 22.0. The van der Waals surface area contributed by atoms with E-state index in [0.29, 0.717) is 18.7 Å². The molecular formula is C25H23NO3. The number of furan rings is 1. The van der Waals surface area contributed by atoms with Crippen LogP contribution >= 0.6 is 0 Å². The zero-order valence-electron chi connectivity index (χ0n) is 16.3. The normalized spacial score (nSPS) is 18.0. The molecule has 1 aliphatic carbocycles. The van der Waals surface area contributed by atoms with Crippen molar-refractivity contribution < 1.29 is 14.6 Å². The maximum atomic E-state index is 11.0. The number of para-hydroxylation sites is 1. The van der Waals surface area contributed by atoms with Crippen LogP contribution in [0.5, 0.6) is 5.75 Å². The van der Waals surface area contributed by atoms with Crippen LogP contribution < -0.4 is 0 Å². The average molecular weight is 385 g/mol. The summed E-state index contributed by atoms with van der Waals surface area (Å²) in [4.78, 5) is 4.61. The Morgan fingerprint density at radius 1 is 1.14 bits per heavy atom. The van der Waals surface area contributed by atoms with Gasteiger partial charge in [0, 0.05) is 10.9 Å². The number of nitrogens with zero attached hydrogens (tertiary/aromatic N) is 1. The molecule has 0 saturated carbocycles. The van der Waals surface area contributed by atoms with Crippen molar-refractivity contribution in [1.82, 2.24) is 0 Å². The minimum Gasteiger partial charge on any atom is -0.508 e. The third-order valence-electron chi connectivity index (χ3n) is 5.03. The standard InChI is InChI=1S/C25H23NO3/c1-3-6-17-12-21(18-9-10-24-20(14-18)11-16(2)29-24)25(28)22(13-17)26-15-19-7-4-5-8-23(19)27/h3-5,7-14,25,27-28H,1,6,15H2,2H3. The van der Waals surface area contributed by atoms with Crippen molar-refractivity contribution in [3.05, 3.63) is 95.8 Å². The molecule has 1 heterocycles. The van der Waals surface area contributed by atoms with E-state index >= 15 is 0 Å². The Kier molecular flexibility index (Phi) is 5.19. The largest absolute Gasteiger partial charge is 0.508 e. The smallest absolute Gasteiger partial charge is 0.134 e. The Labute approximate surface area is 169 Å². The van der Waals surface area contributed by atoms with E-state index in [-0.39, 0.29) is 5.75 Å². The molecule has 0 amide bonds. The molecule has 1 aliphatic rings. The Hall–Kier alpha value is -3.37. The van der Waals surface area contributed by atoms with E-state index in [0.717, 1.165) is 39.0 Å². The first-order valence-corrected chi connectivity index (χ1v) is 9.58. The number of aromatic hydroxyl groups is 1. The molecule has 0 spiro atoms. The van der Waals surface area contributed by atoms with Crippen molar-refractivity contribution in [2.45, 2.75) is 26.0 Å². The highest BCUT2D eigenvalue weighted by atomic mass is 16.3. The third kappa shape index (κ3) is 3.93. The Morgan fingerprint density at radius 3 is 2.76 bits per heavy atom. The van der Waals surface area contributed by atoms with Crippen LogP contribution in [0.25, 0.3) is 16.5 Å². The molecule has 29 heavy (non-hydrogen) atoms. The zero-order valence-corrected chi connectivity index (χ0v) is 16.3. The maximum Gasteiger partial charge on any atom is 0.134 e. The number of benzene rings is 2. The second-order valence-corrected chi connectivity index (χ2v) is 7.19. The summed E-state index contributed by atoms with van der Waals surface area (Å²) in [5.74, 6) is 1.06. The predicted molar refractivity (Wildman–Crippen MR) is 117 cm³/mol. The number of phenolic OH excluding ortho intramolecular Hbond substituents is 1. The summed E-state index contributed by atoms with van der Waals surface area (Å²) in [5.41, 5.74) is 4.87. The van der Waals surface area contributed by atoms with Gasteiger partial charge in [-0.2, -0.15) is 0 Å². The van der Waals surface area contributed by atoms with Crippen LogP contribution in [0.4, 0.5) is 0 Å². The lowest BCUT2D eigenvalue weighted by Crippen LogP contribution is -2.24. The van der Waals surface area contributed by atoms with E-state index in [4.69, 9.17) is 4.42 Å². The first-order chi connectivity index (χ1) is 14.0. The van der Waals surface area contributed by atoms with Crippen molar-refractivity contribution in [1.29, 1.82) is 0 Å². The molecule has 2 aromatic carbocycles. The fourth-order valence-electron chi connectivity index (χ4n) is 3.58. The van der Waals surface area contributed by atoms with Crippen LogP contribution in [-0.4, -0.2) is 22.0 Å². The van der Waals surface area contributed by atoms with Gasteiger partial charge in [0.05, 0.1) is 12.3 Å². The van der Waals surface area contributed by atoms with Gasteiger partial charge in [0.1, 0.15) is 23.2 Å². The van der Waals surface area contributed by atoms with Crippen molar-refractivity contribution in [3.63, 3.8) is 0 Å². The van der Waals surface area contributed by atoms with E-state index < -0.39 is 6.10 Å². The van der Waals surface area contributed by atoms with Gasteiger partial charge in [0.2, 0.25) is 0 Å². The molecule has 3 aromatic rings. The molecule has 1 aromatic heterocycles. The highest BCUT2D eigenvalue weighted by Gasteiger charge is 2.23. The van der Waals surface area contributed by atoms with E-state index in [1.165, 1.54) is 0 Å². The number of rotatable bonds is 5. The Morgan fingerprint density at radius 2 is 1.97 bits per heavy atom. The second-order valence-electron chi connectivity index (χ2n) is 7.19. The predicted octanol–water partition coefficient (Wildman–Crippen LogP) is 5.35. The number of aliphatic hydroxyl groups excluding tert-OH is 1. The summed E-state index contributed by atoms with van der Waals surface area (Å²) < 4.78 is 5.66. The number of aliphatic hydroxyl groups is 1. The average Bonchev–Trinajstić information content (AvgIpc) is 3.08. The van der Waals surface area contributed by atoms with Gasteiger partial charge < -0.3 is 14.6 Å². The Balaban J connectivity index is 1.71. The summed E-state index contributed by atoms with van der Waals surface area (Å²) in [6.07, 6.45) is 5.57. The maximum absolute atomic E-state index is 11.0. The van der Waals surface area contributed by atoms with Gasteiger partial charge in [-0.3, -0.25) is 4.99 Å². The summed E-state index contributed by atoms with van der Waals surface area (Å²) in [7, 11) is 0. The van der Waals surface area contributed by atoms with Crippen LogP contribution in [0.1, 0.15) is 23.3 Å². The van der Waals surface area contributed by atoms with Gasteiger partial charge in [-0.15, -0.1) is 6.58 Å². The van der Waals surface area contributed by atoms with Crippen LogP contribution in [0, 0.1) is 6.92 Å². The number of aryl methyl sites for hydroxylation is 1. The lowest BCUT2D eigenvalue weighted by molar-refractivity contribution is 0.297. The van der Waals surface area contributed by atoms with Crippen molar-refractivity contribution in [2.75, 3.05) is 0 Å². The van der Waals surface area contributed by atoms with Crippen molar-refractivity contribution >= 4 is 22.3 Å². The molecule has 2 N–H and O–H groups in total. The third-order valence-corrected chi connectivity index (χ3v) is 5.03. The zero-order chi connectivity index (χ0) is 20.4. The van der Waals surface area contributed by atoms with Gasteiger partial charge in [0.15, 0.2) is 0 Å². The minimum absolute atomic E-state index is 0.203. The SMILES string of the molecule is C=CCC1=CC(=NCc2ccccc2O)C(O)C(c2ccc3oc(C)cc3c2)=C1. The van der Waals surface area contributed by atoms with E-state index in [9.17, 15) is 10.2 Å². The van der Waals surface area contributed by atoms with Crippen LogP contribution in [0.3, 0.4) is 0 Å². The first kappa shape index (κ1) is 19.0. The molecular weight excluding hydrogens is 362 g/mol. The summed E-state index contributed by atoms with van der Waals surface area (Å²) in [6.45, 7) is 6.04.